The van der Waals surface area contributed by atoms with Crippen LogP contribution in [0.2, 0.25) is 0 Å². The average molecular weight is 344 g/mol. The van der Waals surface area contributed by atoms with Crippen LogP contribution < -0.4 is 5.32 Å². The summed E-state index contributed by atoms with van der Waals surface area (Å²) in [5.41, 5.74) is 3.74. The molecule has 2 aromatic heterocycles. The van der Waals surface area contributed by atoms with Gasteiger partial charge in [-0.1, -0.05) is 41.1 Å². The predicted molar refractivity (Wildman–Crippen MR) is 97.6 cm³/mol. The number of amides is 1. The van der Waals surface area contributed by atoms with Crippen molar-refractivity contribution < 1.29 is 4.79 Å². The third kappa shape index (κ3) is 3.23. The molecule has 0 bridgehead atoms. The molecule has 0 aliphatic rings. The Morgan fingerprint density at radius 3 is 2.42 bits per heavy atom. The van der Waals surface area contributed by atoms with Crippen LogP contribution in [-0.4, -0.2) is 30.7 Å². The van der Waals surface area contributed by atoms with Gasteiger partial charge in [-0.25, -0.2) is 9.36 Å². The summed E-state index contributed by atoms with van der Waals surface area (Å²) >= 11 is 0. The molecule has 0 saturated heterocycles. The van der Waals surface area contributed by atoms with Gasteiger partial charge in [0.15, 0.2) is 5.69 Å². The highest BCUT2D eigenvalue weighted by Crippen LogP contribution is 2.13. The van der Waals surface area contributed by atoms with Gasteiger partial charge < -0.3 is 5.32 Å². The van der Waals surface area contributed by atoms with Gasteiger partial charge in [0.1, 0.15) is 0 Å². The third-order valence-electron chi connectivity index (χ3n) is 3.89. The lowest BCUT2D eigenvalue weighted by atomic mass is 10.2. The maximum absolute atomic E-state index is 12.4. The first-order valence-electron chi connectivity index (χ1n) is 8.10. The summed E-state index contributed by atoms with van der Waals surface area (Å²) in [5.74, 6) is -0.337. The molecule has 7 heteroatoms. The minimum Gasteiger partial charge on any atom is -0.318 e. The number of nitrogens with one attached hydrogen (secondary N) is 1. The molecular formula is C19H16N6O. The van der Waals surface area contributed by atoms with Crippen LogP contribution in [-0.2, 0) is 0 Å². The minimum absolute atomic E-state index is 0.234. The number of aryl methyl sites for hydroxylation is 1. The summed E-state index contributed by atoms with van der Waals surface area (Å²) in [6, 6.07) is 17.5. The fraction of sp³-hybridized carbons (Fsp3) is 0.0526. The number of hydrogen-bond acceptors (Lipinski definition) is 4. The molecule has 0 fully saturated rings. The first-order valence-corrected chi connectivity index (χ1v) is 8.10. The molecule has 0 aliphatic carbocycles. The molecule has 0 saturated carbocycles. The number of nitrogens with zero attached hydrogens (tertiary/aromatic N) is 5. The highest BCUT2D eigenvalue weighted by atomic mass is 16.2. The lowest BCUT2D eigenvalue weighted by molar-refractivity contribution is 0.102. The monoisotopic (exact) mass is 344 g/mol. The van der Waals surface area contributed by atoms with E-state index in [-0.39, 0.29) is 11.6 Å². The largest absolute Gasteiger partial charge is 0.318 e. The molecule has 0 unspecified atom stereocenters. The molecule has 1 N–H and O–H groups in total. The van der Waals surface area contributed by atoms with Crippen molar-refractivity contribution in [3.63, 3.8) is 0 Å². The van der Waals surface area contributed by atoms with E-state index in [0.717, 1.165) is 16.9 Å². The lowest BCUT2D eigenvalue weighted by Gasteiger charge is -2.00. The quantitative estimate of drug-likeness (QED) is 0.617. The molecule has 0 atom stereocenters. The molecule has 2 heterocycles. The normalized spacial score (nSPS) is 10.7. The Morgan fingerprint density at radius 2 is 1.65 bits per heavy atom. The van der Waals surface area contributed by atoms with E-state index in [1.54, 1.807) is 28.0 Å². The molecule has 2 aromatic carbocycles. The number of aromatic nitrogens is 5. The maximum Gasteiger partial charge on any atom is 0.277 e. The number of para-hydroxylation sites is 1. The van der Waals surface area contributed by atoms with Crippen LogP contribution in [0.4, 0.5) is 5.69 Å². The summed E-state index contributed by atoms with van der Waals surface area (Å²) < 4.78 is 3.26. The van der Waals surface area contributed by atoms with Gasteiger partial charge in [-0.15, -0.1) is 5.10 Å². The summed E-state index contributed by atoms with van der Waals surface area (Å²) in [7, 11) is 0. The zero-order valence-corrected chi connectivity index (χ0v) is 14.1. The Hall–Kier alpha value is -3.74. The Kier molecular flexibility index (Phi) is 4.03. The van der Waals surface area contributed by atoms with Crippen LogP contribution in [0.3, 0.4) is 0 Å². The average Bonchev–Trinajstić information content (AvgIpc) is 3.33. The Bertz CT molecular complexity index is 1030. The third-order valence-corrected chi connectivity index (χ3v) is 3.89. The molecule has 4 rings (SSSR count). The SMILES string of the molecule is Cc1ccc(-n2cc(C(=O)Nc3cnn(-c4ccccc4)c3)nn2)cc1. The van der Waals surface area contributed by atoms with Crippen molar-refractivity contribution >= 4 is 11.6 Å². The second kappa shape index (κ2) is 6.64. The van der Waals surface area contributed by atoms with Crippen molar-refractivity contribution in [3.05, 3.63) is 84.4 Å². The van der Waals surface area contributed by atoms with E-state index in [0.29, 0.717) is 5.69 Å². The molecule has 0 spiro atoms. The van der Waals surface area contributed by atoms with Crippen molar-refractivity contribution in [1.29, 1.82) is 0 Å². The number of carbonyl (C=O) groups is 1. The van der Waals surface area contributed by atoms with Gasteiger partial charge in [0.05, 0.1) is 35.7 Å². The van der Waals surface area contributed by atoms with Crippen LogP contribution in [0.15, 0.2) is 73.2 Å². The summed E-state index contributed by atoms with van der Waals surface area (Å²) in [6.45, 7) is 2.01. The molecule has 128 valence electrons. The zero-order valence-electron chi connectivity index (χ0n) is 14.1. The van der Waals surface area contributed by atoms with Gasteiger partial charge in [-0.3, -0.25) is 4.79 Å². The molecule has 4 aromatic rings. The van der Waals surface area contributed by atoms with Gasteiger partial charge in [-0.05, 0) is 31.2 Å². The first kappa shape index (κ1) is 15.8. The molecule has 26 heavy (non-hydrogen) atoms. The summed E-state index contributed by atoms with van der Waals surface area (Å²) in [5, 5.41) is 15.0. The van der Waals surface area contributed by atoms with Gasteiger partial charge in [0.2, 0.25) is 0 Å². The number of rotatable bonds is 4. The van der Waals surface area contributed by atoms with Crippen molar-refractivity contribution in [2.75, 3.05) is 5.32 Å². The van der Waals surface area contributed by atoms with Crippen LogP contribution in [0.5, 0.6) is 0 Å². The molecule has 0 radical (unpaired) electrons. The van der Waals surface area contributed by atoms with Crippen LogP contribution in [0, 0.1) is 6.92 Å². The number of anilines is 1. The number of carbonyl (C=O) groups excluding carboxylic acids is 1. The highest BCUT2D eigenvalue weighted by molar-refractivity contribution is 6.02. The van der Waals surface area contributed by atoms with E-state index in [2.05, 4.69) is 20.7 Å². The Labute approximate surface area is 149 Å². The Balaban J connectivity index is 1.49. The molecule has 7 nitrogen and oxygen atoms in total. The molecule has 0 aliphatic heterocycles. The van der Waals surface area contributed by atoms with Gasteiger partial charge >= 0.3 is 0 Å². The van der Waals surface area contributed by atoms with Crippen molar-refractivity contribution in [1.82, 2.24) is 24.8 Å². The van der Waals surface area contributed by atoms with E-state index in [1.165, 1.54) is 0 Å². The van der Waals surface area contributed by atoms with Crippen molar-refractivity contribution in [3.8, 4) is 11.4 Å². The standard InChI is InChI=1S/C19H16N6O/c1-14-7-9-17(10-8-14)25-13-18(22-23-25)19(26)21-15-11-20-24(12-15)16-5-3-2-4-6-16/h2-13H,1H3,(H,21,26). The number of benzene rings is 2. The predicted octanol–water partition coefficient (Wildman–Crippen LogP) is 3.01. The van der Waals surface area contributed by atoms with Crippen LogP contribution >= 0.6 is 0 Å². The number of hydrogen-bond donors (Lipinski definition) is 1. The van der Waals surface area contributed by atoms with Crippen molar-refractivity contribution in [2.45, 2.75) is 6.92 Å². The first-order chi connectivity index (χ1) is 12.7. The summed E-state index contributed by atoms with van der Waals surface area (Å²) in [6.07, 6.45) is 4.94. The van der Waals surface area contributed by atoms with Gasteiger partial charge in [-0.2, -0.15) is 5.10 Å². The topological polar surface area (TPSA) is 77.6 Å². The van der Waals surface area contributed by atoms with Crippen LogP contribution in [0.1, 0.15) is 16.1 Å². The smallest absolute Gasteiger partial charge is 0.277 e. The molecule has 1 amide bonds. The summed E-state index contributed by atoms with van der Waals surface area (Å²) in [4.78, 5) is 12.4. The fourth-order valence-electron chi connectivity index (χ4n) is 2.50. The van der Waals surface area contributed by atoms with E-state index < -0.39 is 0 Å². The Morgan fingerprint density at radius 1 is 0.923 bits per heavy atom. The molecular weight excluding hydrogens is 328 g/mol. The van der Waals surface area contributed by atoms with Crippen LogP contribution in [0.25, 0.3) is 11.4 Å². The van der Waals surface area contributed by atoms with E-state index >= 15 is 0 Å². The fourth-order valence-corrected chi connectivity index (χ4v) is 2.50. The second-order valence-electron chi connectivity index (χ2n) is 5.85. The van der Waals surface area contributed by atoms with E-state index in [4.69, 9.17) is 0 Å². The second-order valence-corrected chi connectivity index (χ2v) is 5.85. The zero-order chi connectivity index (χ0) is 17.9. The highest BCUT2D eigenvalue weighted by Gasteiger charge is 2.13. The van der Waals surface area contributed by atoms with Crippen molar-refractivity contribution in [2.24, 2.45) is 0 Å². The maximum atomic E-state index is 12.4. The lowest BCUT2D eigenvalue weighted by Crippen LogP contribution is -2.11. The van der Waals surface area contributed by atoms with Gasteiger partial charge in [0, 0.05) is 0 Å². The minimum atomic E-state index is -0.337. The van der Waals surface area contributed by atoms with E-state index in [9.17, 15) is 4.79 Å². The van der Waals surface area contributed by atoms with Gasteiger partial charge in [0.25, 0.3) is 5.91 Å². The van der Waals surface area contributed by atoms with E-state index in [1.807, 2.05) is 61.5 Å².